The van der Waals surface area contributed by atoms with Crippen molar-refractivity contribution in [3.05, 3.63) is 36.2 Å². The zero-order valence-electron chi connectivity index (χ0n) is 11.3. The van der Waals surface area contributed by atoms with Crippen LogP contribution in [0.3, 0.4) is 0 Å². The minimum absolute atomic E-state index is 0.0665. The number of aliphatic hydroxyl groups excluding tert-OH is 1. The maximum absolute atomic E-state index is 11.6. The van der Waals surface area contributed by atoms with Crippen LogP contribution in [-0.4, -0.2) is 29.1 Å². The Labute approximate surface area is 120 Å². The molecule has 0 aliphatic rings. The maximum Gasteiger partial charge on any atom is 0.286 e. The molecule has 6 heteroatoms. The second kappa shape index (κ2) is 5.41. The number of primary amides is 1. The highest BCUT2D eigenvalue weighted by atomic mass is 16.3. The number of rotatable bonds is 5. The topological polar surface area (TPSA) is 101 Å². The first kappa shape index (κ1) is 13.4. The second-order valence-electron chi connectivity index (χ2n) is 4.68. The lowest BCUT2D eigenvalue weighted by atomic mass is 10.1. The van der Waals surface area contributed by atoms with Crippen molar-refractivity contribution >= 4 is 33.5 Å². The largest absolute Gasteiger partial charge is 0.449 e. The van der Waals surface area contributed by atoms with Crippen LogP contribution < -0.4 is 11.1 Å². The van der Waals surface area contributed by atoms with E-state index in [9.17, 15) is 4.79 Å². The average Bonchev–Trinajstić information content (AvgIpc) is 2.87. The molecule has 0 aliphatic carbocycles. The molecule has 1 amide bonds. The number of benzene rings is 1. The Bertz CT molecular complexity index is 810. The third-order valence-corrected chi connectivity index (χ3v) is 3.30. The normalized spacial score (nSPS) is 11.1. The van der Waals surface area contributed by atoms with Gasteiger partial charge in [-0.2, -0.15) is 0 Å². The first-order chi connectivity index (χ1) is 10.2. The molecular weight excluding hydrogens is 270 g/mol. The Kier molecular flexibility index (Phi) is 3.45. The fourth-order valence-electron chi connectivity index (χ4n) is 2.38. The van der Waals surface area contributed by atoms with E-state index < -0.39 is 5.91 Å². The van der Waals surface area contributed by atoms with Crippen LogP contribution in [0.25, 0.3) is 21.9 Å². The number of fused-ring (bicyclic) bond motifs is 3. The quantitative estimate of drug-likeness (QED) is 0.621. The van der Waals surface area contributed by atoms with Crippen molar-refractivity contribution in [2.24, 2.45) is 5.73 Å². The van der Waals surface area contributed by atoms with Gasteiger partial charge in [0, 0.05) is 24.7 Å². The molecule has 108 valence electrons. The number of carbonyl (C=O) groups excluding carboxylic acids is 1. The predicted molar refractivity (Wildman–Crippen MR) is 80.2 cm³/mol. The van der Waals surface area contributed by atoms with Gasteiger partial charge in [-0.25, -0.2) is 0 Å². The summed E-state index contributed by atoms with van der Waals surface area (Å²) in [6.07, 6.45) is 2.27. The number of furan rings is 1. The highest BCUT2D eigenvalue weighted by Crippen LogP contribution is 2.35. The number of carbonyl (C=O) groups is 1. The summed E-state index contributed by atoms with van der Waals surface area (Å²) in [5.74, 6) is -0.533. The van der Waals surface area contributed by atoms with Crippen molar-refractivity contribution in [2.75, 3.05) is 18.5 Å². The summed E-state index contributed by atoms with van der Waals surface area (Å²) in [4.78, 5) is 15.9. The number of hydrogen-bond donors (Lipinski definition) is 3. The number of aromatic nitrogens is 1. The lowest BCUT2D eigenvalue weighted by Crippen LogP contribution is -2.13. The van der Waals surface area contributed by atoms with Crippen LogP contribution in [-0.2, 0) is 0 Å². The monoisotopic (exact) mass is 285 g/mol. The number of nitrogens with one attached hydrogen (secondary N) is 1. The lowest BCUT2D eigenvalue weighted by molar-refractivity contribution is 0.0977. The molecule has 21 heavy (non-hydrogen) atoms. The molecule has 4 N–H and O–H groups in total. The van der Waals surface area contributed by atoms with Gasteiger partial charge in [0.05, 0.1) is 16.6 Å². The van der Waals surface area contributed by atoms with E-state index in [1.807, 2.05) is 18.2 Å². The molecule has 0 radical (unpaired) electrons. The van der Waals surface area contributed by atoms with E-state index in [2.05, 4.69) is 10.3 Å². The molecule has 2 aromatic heterocycles. The van der Waals surface area contributed by atoms with E-state index in [1.54, 1.807) is 12.3 Å². The molecule has 0 atom stereocenters. The summed E-state index contributed by atoms with van der Waals surface area (Å²) in [7, 11) is 0. The number of aliphatic hydroxyl groups is 1. The van der Waals surface area contributed by atoms with Gasteiger partial charge in [-0.1, -0.05) is 6.07 Å². The van der Waals surface area contributed by atoms with Crippen molar-refractivity contribution in [1.29, 1.82) is 0 Å². The van der Waals surface area contributed by atoms with Crippen LogP contribution in [0.4, 0.5) is 5.69 Å². The zero-order chi connectivity index (χ0) is 14.8. The Morgan fingerprint density at radius 2 is 2.24 bits per heavy atom. The van der Waals surface area contributed by atoms with Crippen LogP contribution >= 0.6 is 0 Å². The highest BCUT2D eigenvalue weighted by Gasteiger charge is 2.20. The van der Waals surface area contributed by atoms with E-state index in [0.29, 0.717) is 24.2 Å². The van der Waals surface area contributed by atoms with Crippen LogP contribution in [0, 0.1) is 0 Å². The maximum atomic E-state index is 11.6. The van der Waals surface area contributed by atoms with E-state index in [0.717, 1.165) is 16.3 Å². The molecule has 0 saturated carbocycles. The molecule has 6 nitrogen and oxygen atoms in total. The van der Waals surface area contributed by atoms with E-state index in [1.165, 1.54) is 0 Å². The number of anilines is 1. The number of nitrogens with zero attached hydrogens (tertiary/aromatic N) is 1. The van der Waals surface area contributed by atoms with Gasteiger partial charge in [-0.15, -0.1) is 0 Å². The molecule has 0 saturated heterocycles. The molecule has 3 aromatic rings. The van der Waals surface area contributed by atoms with E-state index >= 15 is 0 Å². The van der Waals surface area contributed by atoms with Gasteiger partial charge in [0.1, 0.15) is 5.58 Å². The Morgan fingerprint density at radius 3 is 3.00 bits per heavy atom. The van der Waals surface area contributed by atoms with Crippen molar-refractivity contribution in [2.45, 2.75) is 6.42 Å². The van der Waals surface area contributed by atoms with Crippen LogP contribution in [0.5, 0.6) is 0 Å². The molecule has 2 heterocycles. The van der Waals surface area contributed by atoms with Crippen LogP contribution in [0.2, 0.25) is 0 Å². The zero-order valence-corrected chi connectivity index (χ0v) is 11.3. The standard InChI is InChI=1S/C15H15N3O3/c16-15(20)14-13(18-7-2-8-19)12-9-3-1-6-17-10(9)4-5-11(12)21-14/h1,3-6,18-19H,2,7-8H2,(H2,16,20). The van der Waals surface area contributed by atoms with Gasteiger partial charge in [-0.05, 0) is 24.6 Å². The van der Waals surface area contributed by atoms with Gasteiger partial charge in [-0.3, -0.25) is 9.78 Å². The minimum atomic E-state index is -0.630. The van der Waals surface area contributed by atoms with Crippen molar-refractivity contribution in [1.82, 2.24) is 4.98 Å². The lowest BCUT2D eigenvalue weighted by Gasteiger charge is -2.06. The summed E-state index contributed by atoms with van der Waals surface area (Å²) in [6.45, 7) is 0.582. The SMILES string of the molecule is NC(=O)c1oc2ccc3ncccc3c2c1NCCCO. The fraction of sp³-hybridized carbons (Fsp3) is 0.200. The molecule has 0 unspecified atom stereocenters. The minimum Gasteiger partial charge on any atom is -0.449 e. The molecule has 0 spiro atoms. The molecule has 0 fully saturated rings. The van der Waals surface area contributed by atoms with Gasteiger partial charge < -0.3 is 20.6 Å². The third kappa shape index (κ3) is 2.30. The molecule has 0 aliphatic heterocycles. The van der Waals surface area contributed by atoms with Crippen molar-refractivity contribution in [3.63, 3.8) is 0 Å². The van der Waals surface area contributed by atoms with E-state index in [-0.39, 0.29) is 12.4 Å². The summed E-state index contributed by atoms with van der Waals surface area (Å²) in [5.41, 5.74) is 7.34. The van der Waals surface area contributed by atoms with E-state index in [4.69, 9.17) is 15.3 Å². The highest BCUT2D eigenvalue weighted by molar-refractivity contribution is 6.15. The number of pyridine rings is 1. The summed E-state index contributed by atoms with van der Waals surface area (Å²) in [5, 5.41) is 13.7. The number of hydrogen-bond acceptors (Lipinski definition) is 5. The predicted octanol–water partition coefficient (Wildman–Crippen LogP) is 1.87. The number of nitrogens with two attached hydrogens (primary N) is 1. The molecule has 0 bridgehead atoms. The smallest absolute Gasteiger partial charge is 0.286 e. The molecular formula is C15H15N3O3. The second-order valence-corrected chi connectivity index (χ2v) is 4.68. The summed E-state index contributed by atoms with van der Waals surface area (Å²) in [6, 6.07) is 7.36. The van der Waals surface area contributed by atoms with Gasteiger partial charge in [0.15, 0.2) is 0 Å². The first-order valence-corrected chi connectivity index (χ1v) is 6.67. The van der Waals surface area contributed by atoms with Crippen molar-refractivity contribution < 1.29 is 14.3 Å². The molecule has 1 aromatic carbocycles. The Morgan fingerprint density at radius 1 is 1.38 bits per heavy atom. The molecule has 3 rings (SSSR count). The number of amides is 1. The van der Waals surface area contributed by atoms with Gasteiger partial charge >= 0.3 is 0 Å². The Hall–Kier alpha value is -2.60. The van der Waals surface area contributed by atoms with Crippen LogP contribution in [0.1, 0.15) is 17.0 Å². The fourth-order valence-corrected chi connectivity index (χ4v) is 2.38. The van der Waals surface area contributed by atoms with Crippen molar-refractivity contribution in [3.8, 4) is 0 Å². The summed E-state index contributed by atoms with van der Waals surface area (Å²) >= 11 is 0. The van der Waals surface area contributed by atoms with Gasteiger partial charge in [0.2, 0.25) is 5.76 Å². The summed E-state index contributed by atoms with van der Waals surface area (Å²) < 4.78 is 5.57. The first-order valence-electron chi connectivity index (χ1n) is 6.67. The van der Waals surface area contributed by atoms with Crippen LogP contribution in [0.15, 0.2) is 34.9 Å². The van der Waals surface area contributed by atoms with Gasteiger partial charge in [0.25, 0.3) is 5.91 Å². The average molecular weight is 285 g/mol. The third-order valence-electron chi connectivity index (χ3n) is 3.30. The Balaban J connectivity index is 2.25.